The number of urea groups is 1. The zero-order valence-electron chi connectivity index (χ0n) is 15.4. The number of nitrogens with zero attached hydrogens (tertiary/aromatic N) is 1. The molecular weight excluding hydrogens is 362 g/mol. The summed E-state index contributed by atoms with van der Waals surface area (Å²) < 4.78 is 0. The minimum Gasteiger partial charge on any atom is -0.336 e. The Morgan fingerprint density at radius 3 is 2.69 bits per heavy atom. The Balaban J connectivity index is 1.57. The first kappa shape index (κ1) is 19.3. The molecule has 1 saturated carbocycles. The number of anilines is 1. The third-order valence-corrected chi connectivity index (χ3v) is 7.07. The van der Waals surface area contributed by atoms with Crippen molar-refractivity contribution in [1.29, 1.82) is 0 Å². The van der Waals surface area contributed by atoms with Crippen LogP contribution >= 0.6 is 23.1 Å². The first-order valence-corrected chi connectivity index (χ1v) is 10.9. The average Bonchev–Trinajstić information content (AvgIpc) is 3.30. The fraction of sp³-hybridized carbons (Fsp3) is 0.450. The minimum absolute atomic E-state index is 0.145. The Morgan fingerprint density at radius 2 is 2.00 bits per heavy atom. The van der Waals surface area contributed by atoms with E-state index < -0.39 is 0 Å². The van der Waals surface area contributed by atoms with E-state index in [2.05, 4.69) is 33.0 Å². The minimum atomic E-state index is -0.145. The number of likely N-dealkylation sites (N-methyl/N-ethyl adjacent to an activating group) is 1. The lowest BCUT2D eigenvalue weighted by Gasteiger charge is -2.23. The maximum atomic E-state index is 12.5. The zero-order valence-corrected chi connectivity index (χ0v) is 17.0. The van der Waals surface area contributed by atoms with Gasteiger partial charge in [0, 0.05) is 21.6 Å². The van der Waals surface area contributed by atoms with Gasteiger partial charge in [0.15, 0.2) is 0 Å². The number of carbonyl (C=O) groups excluding carboxylic acids is 1. The Hall–Kier alpha value is -1.50. The topological polar surface area (TPSA) is 44.4 Å². The second-order valence-electron chi connectivity index (χ2n) is 6.85. The van der Waals surface area contributed by atoms with Crippen LogP contribution in [0.3, 0.4) is 0 Å². The second-order valence-corrected chi connectivity index (χ2v) is 9.17. The van der Waals surface area contributed by atoms with Crippen LogP contribution in [0.5, 0.6) is 0 Å². The lowest BCUT2D eigenvalue weighted by molar-refractivity contribution is 0.244. The molecule has 2 N–H and O–H groups in total. The number of carbonyl (C=O) groups is 1. The molecule has 140 valence electrons. The summed E-state index contributed by atoms with van der Waals surface area (Å²) in [6.45, 7) is 0.581. The van der Waals surface area contributed by atoms with Crippen molar-refractivity contribution in [2.75, 3.05) is 26.0 Å². The Kier molecular flexibility index (Phi) is 7.00. The molecule has 1 aliphatic carbocycles. The molecule has 2 aromatic rings. The smallest absolute Gasteiger partial charge is 0.319 e. The van der Waals surface area contributed by atoms with E-state index in [4.69, 9.17) is 0 Å². The predicted octanol–water partition coefficient (Wildman–Crippen LogP) is 5.21. The van der Waals surface area contributed by atoms with Crippen molar-refractivity contribution in [3.8, 4) is 0 Å². The van der Waals surface area contributed by atoms with Gasteiger partial charge < -0.3 is 15.5 Å². The number of para-hydroxylation sites is 1. The normalized spacial score (nSPS) is 16.0. The van der Waals surface area contributed by atoms with E-state index in [1.165, 1.54) is 30.6 Å². The van der Waals surface area contributed by atoms with E-state index in [9.17, 15) is 4.79 Å². The molecule has 1 fully saturated rings. The van der Waals surface area contributed by atoms with Crippen molar-refractivity contribution in [3.63, 3.8) is 0 Å². The van der Waals surface area contributed by atoms with Crippen LogP contribution < -0.4 is 10.6 Å². The van der Waals surface area contributed by atoms with E-state index in [0.29, 0.717) is 11.8 Å². The molecule has 2 amide bonds. The highest BCUT2D eigenvalue weighted by molar-refractivity contribution is 8.00. The third kappa shape index (κ3) is 5.25. The van der Waals surface area contributed by atoms with Gasteiger partial charge in [-0.3, -0.25) is 0 Å². The van der Waals surface area contributed by atoms with Crippen LogP contribution in [0.25, 0.3) is 0 Å². The molecule has 4 nitrogen and oxygen atoms in total. The first-order chi connectivity index (χ1) is 12.6. The molecule has 1 aliphatic rings. The molecule has 3 rings (SSSR count). The van der Waals surface area contributed by atoms with E-state index in [1.54, 1.807) is 11.3 Å². The van der Waals surface area contributed by atoms with Crippen molar-refractivity contribution >= 4 is 34.8 Å². The molecule has 1 heterocycles. The number of thioether (sulfide) groups is 1. The lowest BCUT2D eigenvalue weighted by Crippen LogP contribution is -2.36. The molecule has 1 aromatic heterocycles. The van der Waals surface area contributed by atoms with Gasteiger partial charge in [0.05, 0.1) is 11.7 Å². The third-order valence-electron chi connectivity index (χ3n) is 4.68. The maximum absolute atomic E-state index is 12.5. The molecule has 26 heavy (non-hydrogen) atoms. The number of hydrogen-bond donors (Lipinski definition) is 2. The molecule has 1 atom stereocenters. The predicted molar refractivity (Wildman–Crippen MR) is 112 cm³/mol. The Morgan fingerprint density at radius 1 is 1.23 bits per heavy atom. The summed E-state index contributed by atoms with van der Waals surface area (Å²) >= 11 is 3.62. The van der Waals surface area contributed by atoms with Crippen molar-refractivity contribution < 1.29 is 4.79 Å². The molecule has 1 aromatic carbocycles. The largest absolute Gasteiger partial charge is 0.336 e. The SMILES string of the molecule is CN(C)C(CNC(=O)Nc1ccccc1SC1CCCC1)c1cccs1. The Labute approximate surface area is 164 Å². The zero-order chi connectivity index (χ0) is 18.4. The monoisotopic (exact) mass is 389 g/mol. The maximum Gasteiger partial charge on any atom is 0.319 e. The molecule has 6 heteroatoms. The van der Waals surface area contributed by atoms with Gasteiger partial charge in [-0.25, -0.2) is 4.79 Å². The quantitative estimate of drug-likeness (QED) is 0.683. The fourth-order valence-corrected chi connectivity index (χ4v) is 5.49. The summed E-state index contributed by atoms with van der Waals surface area (Å²) in [4.78, 5) is 17.0. The standard InChI is InChI=1S/C20H27N3OS2/c1-23(2)17(19-12-7-13-25-19)14-21-20(24)22-16-10-5-6-11-18(16)26-15-8-3-4-9-15/h5-7,10-13,15,17H,3-4,8-9,14H2,1-2H3,(H2,21,22,24). The van der Waals surface area contributed by atoms with Gasteiger partial charge in [0.1, 0.15) is 0 Å². The van der Waals surface area contributed by atoms with Crippen LogP contribution in [-0.4, -0.2) is 36.8 Å². The molecule has 1 unspecified atom stereocenters. The lowest BCUT2D eigenvalue weighted by atomic mass is 10.2. The molecule has 0 aliphatic heterocycles. The second kappa shape index (κ2) is 9.44. The van der Waals surface area contributed by atoms with E-state index in [0.717, 1.165) is 10.6 Å². The summed E-state index contributed by atoms with van der Waals surface area (Å²) in [5, 5.41) is 8.82. The summed E-state index contributed by atoms with van der Waals surface area (Å²) in [7, 11) is 4.08. The van der Waals surface area contributed by atoms with E-state index in [1.807, 2.05) is 50.1 Å². The fourth-order valence-electron chi connectivity index (χ4n) is 3.23. The van der Waals surface area contributed by atoms with Gasteiger partial charge in [-0.05, 0) is 50.5 Å². The number of rotatable bonds is 7. The molecule has 0 spiro atoms. The van der Waals surface area contributed by atoms with Crippen LogP contribution in [-0.2, 0) is 0 Å². The molecule has 0 saturated heterocycles. The summed E-state index contributed by atoms with van der Waals surface area (Å²) in [6, 6.07) is 12.3. The first-order valence-electron chi connectivity index (χ1n) is 9.14. The van der Waals surface area contributed by atoms with Gasteiger partial charge in [-0.1, -0.05) is 31.0 Å². The van der Waals surface area contributed by atoms with Crippen LogP contribution in [0, 0.1) is 0 Å². The summed E-state index contributed by atoms with van der Waals surface area (Å²) in [6.07, 6.45) is 5.19. The van der Waals surface area contributed by atoms with Crippen LogP contribution in [0.1, 0.15) is 36.6 Å². The van der Waals surface area contributed by atoms with Crippen molar-refractivity contribution in [1.82, 2.24) is 10.2 Å². The number of amides is 2. The van der Waals surface area contributed by atoms with Gasteiger partial charge in [0.25, 0.3) is 0 Å². The highest BCUT2D eigenvalue weighted by Crippen LogP contribution is 2.38. The summed E-state index contributed by atoms with van der Waals surface area (Å²) in [5.41, 5.74) is 0.902. The molecule has 0 bridgehead atoms. The van der Waals surface area contributed by atoms with Gasteiger partial charge in [-0.15, -0.1) is 23.1 Å². The molecular formula is C20H27N3OS2. The highest BCUT2D eigenvalue weighted by atomic mass is 32.2. The van der Waals surface area contributed by atoms with E-state index >= 15 is 0 Å². The molecule has 0 radical (unpaired) electrons. The van der Waals surface area contributed by atoms with Crippen molar-refractivity contribution in [2.45, 2.75) is 41.9 Å². The number of benzene rings is 1. The average molecular weight is 390 g/mol. The Bertz CT molecular complexity index is 697. The van der Waals surface area contributed by atoms with Gasteiger partial charge in [0.2, 0.25) is 0 Å². The van der Waals surface area contributed by atoms with Crippen LogP contribution in [0.15, 0.2) is 46.7 Å². The highest BCUT2D eigenvalue weighted by Gasteiger charge is 2.19. The van der Waals surface area contributed by atoms with Gasteiger partial charge >= 0.3 is 6.03 Å². The van der Waals surface area contributed by atoms with Gasteiger partial charge in [-0.2, -0.15) is 0 Å². The van der Waals surface area contributed by atoms with Crippen LogP contribution in [0.2, 0.25) is 0 Å². The van der Waals surface area contributed by atoms with Crippen molar-refractivity contribution in [2.24, 2.45) is 0 Å². The van der Waals surface area contributed by atoms with Crippen molar-refractivity contribution in [3.05, 3.63) is 46.7 Å². The number of hydrogen-bond acceptors (Lipinski definition) is 4. The summed E-state index contributed by atoms with van der Waals surface area (Å²) in [5.74, 6) is 0. The van der Waals surface area contributed by atoms with E-state index in [-0.39, 0.29) is 12.1 Å². The number of nitrogens with one attached hydrogen (secondary N) is 2. The van der Waals surface area contributed by atoms with Crippen LogP contribution in [0.4, 0.5) is 10.5 Å². The number of thiophene rings is 1.